The Morgan fingerprint density at radius 3 is 2.26 bits per heavy atom. The first-order valence-corrected chi connectivity index (χ1v) is 16.4. The molecule has 13 heteroatoms. The molecule has 2 aromatic carbocycles. The van der Waals surface area contributed by atoms with Crippen LogP contribution in [0.25, 0.3) is 0 Å². The third-order valence-corrected chi connectivity index (χ3v) is 11.1. The molecular weight excluding hydrogens is 569 g/mol. The number of nitrogens with one attached hydrogen (secondary N) is 1. The Morgan fingerprint density at radius 2 is 1.62 bits per heavy atom. The van der Waals surface area contributed by atoms with E-state index in [1.54, 1.807) is 12.1 Å². The third kappa shape index (κ3) is 7.49. The molecule has 2 heterocycles. The number of hydrogen-bond acceptors (Lipinski definition) is 6. The topological polar surface area (TPSA) is 113 Å². The van der Waals surface area contributed by atoms with Crippen LogP contribution in [0, 0.1) is 11.7 Å². The SMILES string of the molecule is O=C(NCCOc1ccc(S(=O)(=O)N2CCCCC2)cc1)C1CCN(S(=O)(=O)Cc2c(F)cccc2Cl)CC1. The quantitative estimate of drug-likeness (QED) is 0.418. The molecule has 2 aliphatic heterocycles. The summed E-state index contributed by atoms with van der Waals surface area (Å²) in [5.41, 5.74) is -0.0581. The molecule has 0 unspecified atom stereocenters. The van der Waals surface area contributed by atoms with Gasteiger partial charge in [0, 0.05) is 42.7 Å². The highest BCUT2D eigenvalue weighted by atomic mass is 35.5. The number of halogens is 2. The van der Waals surface area contributed by atoms with E-state index in [4.69, 9.17) is 16.3 Å². The van der Waals surface area contributed by atoms with E-state index >= 15 is 0 Å². The Bertz CT molecular complexity index is 1340. The molecule has 2 aromatic rings. The second-order valence-electron chi connectivity index (χ2n) is 9.71. The molecule has 2 aliphatic rings. The van der Waals surface area contributed by atoms with Crippen molar-refractivity contribution in [1.82, 2.24) is 13.9 Å². The van der Waals surface area contributed by atoms with Gasteiger partial charge in [0.2, 0.25) is 26.0 Å². The second-order valence-corrected chi connectivity index (χ2v) is 14.0. The van der Waals surface area contributed by atoms with Crippen LogP contribution in [0.4, 0.5) is 4.39 Å². The van der Waals surface area contributed by atoms with Gasteiger partial charge in [-0.15, -0.1) is 0 Å². The molecule has 1 amide bonds. The molecule has 0 bridgehead atoms. The molecule has 4 rings (SSSR count). The van der Waals surface area contributed by atoms with Crippen molar-refractivity contribution in [3.05, 3.63) is 58.9 Å². The summed E-state index contributed by atoms with van der Waals surface area (Å²) in [6.07, 6.45) is 3.49. The lowest BCUT2D eigenvalue weighted by atomic mass is 9.97. The number of benzene rings is 2. The lowest BCUT2D eigenvalue weighted by molar-refractivity contribution is -0.126. The predicted octanol–water partition coefficient (Wildman–Crippen LogP) is 3.39. The van der Waals surface area contributed by atoms with Gasteiger partial charge in [0.25, 0.3) is 0 Å². The van der Waals surface area contributed by atoms with Crippen LogP contribution < -0.4 is 10.1 Å². The molecule has 0 radical (unpaired) electrons. The van der Waals surface area contributed by atoms with Crippen molar-refractivity contribution in [2.24, 2.45) is 5.92 Å². The van der Waals surface area contributed by atoms with E-state index < -0.39 is 31.6 Å². The minimum absolute atomic E-state index is 0.0581. The first-order valence-electron chi connectivity index (χ1n) is 13.0. The summed E-state index contributed by atoms with van der Waals surface area (Å²) < 4.78 is 73.6. The van der Waals surface area contributed by atoms with Crippen LogP contribution in [0.15, 0.2) is 47.4 Å². The van der Waals surface area contributed by atoms with Crippen molar-refractivity contribution in [2.75, 3.05) is 39.3 Å². The van der Waals surface area contributed by atoms with Gasteiger partial charge < -0.3 is 10.1 Å². The fourth-order valence-corrected chi connectivity index (χ4v) is 8.22. The Morgan fingerprint density at radius 1 is 0.949 bits per heavy atom. The van der Waals surface area contributed by atoms with Crippen LogP contribution in [0.2, 0.25) is 5.02 Å². The van der Waals surface area contributed by atoms with Gasteiger partial charge in [-0.25, -0.2) is 25.5 Å². The highest BCUT2D eigenvalue weighted by molar-refractivity contribution is 7.89. The summed E-state index contributed by atoms with van der Waals surface area (Å²) in [5, 5.41) is 2.87. The zero-order valence-corrected chi connectivity index (χ0v) is 23.9. The van der Waals surface area contributed by atoms with Gasteiger partial charge in [0.15, 0.2) is 0 Å². The third-order valence-electron chi connectivity index (χ3n) is 7.05. The summed E-state index contributed by atoms with van der Waals surface area (Å²) in [4.78, 5) is 12.8. The van der Waals surface area contributed by atoms with E-state index in [1.165, 1.54) is 38.9 Å². The van der Waals surface area contributed by atoms with Gasteiger partial charge in [0.1, 0.15) is 18.2 Å². The number of amides is 1. The van der Waals surface area contributed by atoms with Gasteiger partial charge in [-0.05, 0) is 62.1 Å². The Balaban J connectivity index is 1.19. The van der Waals surface area contributed by atoms with E-state index in [9.17, 15) is 26.0 Å². The van der Waals surface area contributed by atoms with Gasteiger partial charge in [-0.1, -0.05) is 24.1 Å². The molecule has 0 atom stereocenters. The first kappa shape index (κ1) is 29.7. The molecule has 1 N–H and O–H groups in total. The van der Waals surface area contributed by atoms with Crippen LogP contribution in [0.1, 0.15) is 37.7 Å². The number of ether oxygens (including phenoxy) is 1. The maximum Gasteiger partial charge on any atom is 0.243 e. The summed E-state index contributed by atoms with van der Waals surface area (Å²) in [5.74, 6) is -1.22. The molecule has 214 valence electrons. The number of rotatable bonds is 10. The first-order chi connectivity index (χ1) is 18.6. The lowest BCUT2D eigenvalue weighted by Crippen LogP contribution is -2.44. The van der Waals surface area contributed by atoms with E-state index in [-0.39, 0.29) is 53.5 Å². The fourth-order valence-electron chi connectivity index (χ4n) is 4.79. The van der Waals surface area contributed by atoms with Crippen molar-refractivity contribution in [2.45, 2.75) is 42.8 Å². The van der Waals surface area contributed by atoms with E-state index in [0.717, 1.165) is 19.3 Å². The normalized spacial score (nSPS) is 18.1. The highest BCUT2D eigenvalue weighted by Gasteiger charge is 2.32. The summed E-state index contributed by atoms with van der Waals surface area (Å²) in [6.45, 7) is 1.85. The molecule has 0 aromatic heterocycles. The molecule has 2 saturated heterocycles. The van der Waals surface area contributed by atoms with Crippen LogP contribution in [-0.4, -0.2) is 70.7 Å². The second kappa shape index (κ2) is 12.9. The van der Waals surface area contributed by atoms with Crippen LogP contribution in [0.5, 0.6) is 5.75 Å². The maximum atomic E-state index is 14.1. The number of nitrogens with zero attached hydrogens (tertiary/aromatic N) is 2. The Hall–Kier alpha value is -2.25. The van der Waals surface area contributed by atoms with Crippen molar-refractivity contribution >= 4 is 37.6 Å². The maximum absolute atomic E-state index is 14.1. The average molecular weight is 602 g/mol. The molecule has 0 saturated carbocycles. The van der Waals surface area contributed by atoms with Crippen LogP contribution in [-0.2, 0) is 30.6 Å². The van der Waals surface area contributed by atoms with Gasteiger partial charge in [-0.3, -0.25) is 4.79 Å². The zero-order chi connectivity index (χ0) is 28.0. The molecule has 9 nitrogen and oxygen atoms in total. The Labute approximate surface area is 234 Å². The van der Waals surface area contributed by atoms with Gasteiger partial charge in [0.05, 0.1) is 17.2 Å². The summed E-state index contributed by atoms with van der Waals surface area (Å²) >= 11 is 5.98. The van der Waals surface area contributed by atoms with Gasteiger partial charge in [-0.2, -0.15) is 4.31 Å². The average Bonchev–Trinajstić information content (AvgIpc) is 2.94. The predicted molar refractivity (Wildman–Crippen MR) is 146 cm³/mol. The highest BCUT2D eigenvalue weighted by Crippen LogP contribution is 2.26. The van der Waals surface area contributed by atoms with Crippen molar-refractivity contribution in [1.29, 1.82) is 0 Å². The smallest absolute Gasteiger partial charge is 0.243 e. The standard InChI is InChI=1S/C26H33ClFN3O6S2/c27-24-5-4-6-25(28)23(24)19-38(33,34)30-16-11-20(12-17-30)26(32)29-13-18-37-21-7-9-22(10-8-21)39(35,36)31-14-2-1-3-15-31/h4-10,20H,1-3,11-19H2,(H,29,32). The zero-order valence-electron chi connectivity index (χ0n) is 21.5. The number of hydrogen-bond donors (Lipinski definition) is 1. The van der Waals surface area contributed by atoms with Crippen LogP contribution in [0.3, 0.4) is 0 Å². The van der Waals surface area contributed by atoms with E-state index in [1.807, 2.05) is 0 Å². The number of piperidine rings is 2. The van der Waals surface area contributed by atoms with E-state index in [0.29, 0.717) is 31.7 Å². The minimum atomic E-state index is -3.78. The number of sulfonamides is 2. The lowest BCUT2D eigenvalue weighted by Gasteiger charge is -2.30. The minimum Gasteiger partial charge on any atom is -0.492 e. The van der Waals surface area contributed by atoms with Crippen molar-refractivity contribution < 1.29 is 30.8 Å². The molecule has 0 spiro atoms. The number of carbonyl (C=O) groups excluding carboxylic acids is 1. The van der Waals surface area contributed by atoms with Crippen molar-refractivity contribution in [3.8, 4) is 5.75 Å². The molecular formula is C26H33ClFN3O6S2. The monoisotopic (exact) mass is 601 g/mol. The fraction of sp³-hybridized carbons (Fsp3) is 0.500. The molecule has 2 fully saturated rings. The molecule has 0 aliphatic carbocycles. The van der Waals surface area contributed by atoms with Crippen molar-refractivity contribution in [3.63, 3.8) is 0 Å². The number of carbonyl (C=O) groups is 1. The Kier molecular flexibility index (Phi) is 9.87. The summed E-state index contributed by atoms with van der Waals surface area (Å²) in [6, 6.07) is 10.3. The molecule has 39 heavy (non-hydrogen) atoms. The van der Waals surface area contributed by atoms with Gasteiger partial charge >= 0.3 is 0 Å². The van der Waals surface area contributed by atoms with E-state index in [2.05, 4.69) is 5.32 Å². The largest absolute Gasteiger partial charge is 0.492 e. The summed E-state index contributed by atoms with van der Waals surface area (Å²) in [7, 11) is -7.29. The van der Waals surface area contributed by atoms with Crippen LogP contribution >= 0.6 is 11.6 Å².